The van der Waals surface area contributed by atoms with Crippen molar-refractivity contribution in [1.82, 2.24) is 24.9 Å². The zero-order valence-corrected chi connectivity index (χ0v) is 15.5. The van der Waals surface area contributed by atoms with Gasteiger partial charge in [0, 0.05) is 38.0 Å². The van der Waals surface area contributed by atoms with E-state index < -0.39 is 0 Å². The molecule has 1 N–H and O–H groups in total. The fourth-order valence-corrected chi connectivity index (χ4v) is 4.71. The van der Waals surface area contributed by atoms with Crippen molar-refractivity contribution in [2.24, 2.45) is 11.8 Å². The van der Waals surface area contributed by atoms with Crippen molar-refractivity contribution in [3.05, 3.63) is 41.9 Å². The van der Waals surface area contributed by atoms with Crippen LogP contribution in [-0.2, 0) is 16.0 Å². The number of hydrogen-bond acceptors (Lipinski definition) is 5. The van der Waals surface area contributed by atoms with Crippen LogP contribution in [0.4, 0.5) is 5.82 Å². The van der Waals surface area contributed by atoms with E-state index in [1.807, 2.05) is 27.9 Å². The zero-order valence-electron chi connectivity index (χ0n) is 15.5. The van der Waals surface area contributed by atoms with Crippen LogP contribution in [0.15, 0.2) is 30.7 Å². The summed E-state index contributed by atoms with van der Waals surface area (Å²) < 4.78 is 1.95. The smallest absolute Gasteiger partial charge is 0.246 e. The molecule has 5 rings (SSSR count). The number of hydrogen-bond donors (Lipinski definition) is 1. The first-order chi connectivity index (χ1) is 13.7. The summed E-state index contributed by atoms with van der Waals surface area (Å²) in [5.41, 5.74) is 1.90. The van der Waals surface area contributed by atoms with Gasteiger partial charge in [-0.1, -0.05) is 12.6 Å². The van der Waals surface area contributed by atoms with E-state index in [1.54, 1.807) is 18.5 Å². The Morgan fingerprint density at radius 3 is 2.72 bits per heavy atom. The predicted octanol–water partition coefficient (Wildman–Crippen LogP) is 2.32. The fraction of sp³-hybridized carbons (Fsp3) is 0.476. The summed E-state index contributed by atoms with van der Waals surface area (Å²) in [6, 6.07) is 2.40. The van der Waals surface area contributed by atoms with Crippen molar-refractivity contribution in [2.75, 3.05) is 18.4 Å². The topological polar surface area (TPSA) is 93.0 Å². The molecule has 2 amide bonds. The number of rotatable bonds is 3. The largest absolute Gasteiger partial charge is 0.339 e. The number of amides is 2. The second-order valence-corrected chi connectivity index (χ2v) is 7.93. The minimum absolute atomic E-state index is 0. The molecular formula is C21H26N6O2. The molecule has 8 nitrogen and oxygen atoms in total. The molecule has 1 saturated carbocycles. The van der Waals surface area contributed by atoms with Crippen LogP contribution in [0.3, 0.4) is 0 Å². The van der Waals surface area contributed by atoms with Crippen LogP contribution in [-0.4, -0.2) is 49.8 Å². The number of likely N-dealkylation sites (tertiary alicyclic amines) is 1. The Balaban J connectivity index is 0.00000205. The van der Waals surface area contributed by atoms with E-state index in [1.165, 1.54) is 0 Å². The number of carbonyl (C=O) groups excluding carboxylic acids is 2. The molecule has 0 radical (unpaired) electrons. The third kappa shape index (κ3) is 3.79. The molecule has 152 valence electrons. The maximum atomic E-state index is 12.6. The number of aryl methyl sites for hydroxylation is 1. The molecule has 2 aromatic rings. The fourth-order valence-electron chi connectivity index (χ4n) is 4.71. The molecule has 2 unspecified atom stereocenters. The van der Waals surface area contributed by atoms with Gasteiger partial charge in [0.05, 0.1) is 12.2 Å². The van der Waals surface area contributed by atoms with Gasteiger partial charge in [-0.25, -0.2) is 9.67 Å². The molecule has 29 heavy (non-hydrogen) atoms. The number of anilines is 1. The lowest BCUT2D eigenvalue weighted by atomic mass is 10.0. The van der Waals surface area contributed by atoms with Crippen LogP contribution >= 0.6 is 0 Å². The van der Waals surface area contributed by atoms with Crippen LogP contribution in [0.2, 0.25) is 0 Å². The normalized spacial score (nSPS) is 25.4. The minimum Gasteiger partial charge on any atom is -0.339 e. The molecule has 2 aromatic heterocycles. The molecule has 1 aliphatic carbocycles. The van der Waals surface area contributed by atoms with Gasteiger partial charge in [-0.05, 0) is 54.4 Å². The highest BCUT2D eigenvalue weighted by molar-refractivity contribution is 5.94. The van der Waals surface area contributed by atoms with Crippen LogP contribution < -0.4 is 5.32 Å². The number of nitrogens with zero attached hydrogens (tertiary/aromatic N) is 5. The first kappa shape index (κ1) is 19.3. The van der Waals surface area contributed by atoms with Crippen molar-refractivity contribution >= 4 is 23.7 Å². The number of aromatic nitrogens is 4. The van der Waals surface area contributed by atoms with E-state index >= 15 is 0 Å². The monoisotopic (exact) mass is 394 g/mol. The van der Waals surface area contributed by atoms with Crippen molar-refractivity contribution in [1.29, 1.82) is 0 Å². The van der Waals surface area contributed by atoms with Crippen LogP contribution in [0, 0.1) is 11.8 Å². The highest BCUT2D eigenvalue weighted by atomic mass is 16.2. The number of carbonyl (C=O) groups is 2. The summed E-state index contributed by atoms with van der Waals surface area (Å²) in [6.07, 6.45) is 12.1. The summed E-state index contributed by atoms with van der Waals surface area (Å²) in [6.45, 7) is 1.63. The summed E-state index contributed by atoms with van der Waals surface area (Å²) in [5.74, 6) is 1.78. The standard InChI is InChI=1S/C20H22N6O2.CH4/c27-18-3-2-14-7-13(10-21-20(14)23-18)1-4-19(28)25-11-15-8-17(9-16(15)12-25)26-6-5-22-24-26;/h1,4-7,10,15-17H,2-3,8-9,11-12H2,(H,21,23,27);1H4/b4-1+;. The molecule has 3 aliphatic rings. The van der Waals surface area contributed by atoms with Crippen LogP contribution in [0.1, 0.15) is 43.9 Å². The zero-order chi connectivity index (χ0) is 19.1. The van der Waals surface area contributed by atoms with Crippen molar-refractivity contribution < 1.29 is 9.59 Å². The van der Waals surface area contributed by atoms with E-state index in [0.29, 0.717) is 36.5 Å². The van der Waals surface area contributed by atoms with E-state index in [4.69, 9.17) is 0 Å². The lowest BCUT2D eigenvalue weighted by Gasteiger charge is -2.18. The van der Waals surface area contributed by atoms with Gasteiger partial charge in [0.15, 0.2) is 0 Å². The third-order valence-corrected chi connectivity index (χ3v) is 6.14. The van der Waals surface area contributed by atoms with Gasteiger partial charge in [0.2, 0.25) is 11.8 Å². The molecule has 2 fully saturated rings. The molecule has 8 heteroatoms. The average Bonchev–Trinajstić information content (AvgIpc) is 3.41. The average molecular weight is 394 g/mol. The minimum atomic E-state index is 0. The van der Waals surface area contributed by atoms with Gasteiger partial charge in [-0.15, -0.1) is 5.10 Å². The van der Waals surface area contributed by atoms with Gasteiger partial charge < -0.3 is 10.2 Å². The number of pyridine rings is 1. The lowest BCUT2D eigenvalue weighted by molar-refractivity contribution is -0.125. The quantitative estimate of drug-likeness (QED) is 0.807. The Kier molecular flexibility index (Phi) is 5.17. The van der Waals surface area contributed by atoms with E-state index in [0.717, 1.165) is 37.1 Å². The summed E-state index contributed by atoms with van der Waals surface area (Å²) >= 11 is 0. The Morgan fingerprint density at radius 1 is 1.21 bits per heavy atom. The molecule has 0 spiro atoms. The van der Waals surface area contributed by atoms with Gasteiger partial charge in [-0.3, -0.25) is 9.59 Å². The molecule has 0 bridgehead atoms. The Labute approximate surface area is 170 Å². The number of fused-ring (bicyclic) bond motifs is 2. The van der Waals surface area contributed by atoms with Crippen molar-refractivity contribution in [3.8, 4) is 0 Å². The Hall–Kier alpha value is -3.03. The first-order valence-corrected chi connectivity index (χ1v) is 9.77. The van der Waals surface area contributed by atoms with Crippen molar-refractivity contribution in [2.45, 2.75) is 39.2 Å². The molecule has 2 atom stereocenters. The van der Waals surface area contributed by atoms with E-state index in [2.05, 4.69) is 20.6 Å². The SMILES string of the molecule is C.O=C1CCc2cc(/C=C/C(=O)N3CC4CC(n5ccnn5)CC4C3)cnc2N1. The molecule has 0 aromatic carbocycles. The highest BCUT2D eigenvalue weighted by Crippen LogP contribution is 2.43. The lowest BCUT2D eigenvalue weighted by Crippen LogP contribution is -2.28. The summed E-state index contributed by atoms with van der Waals surface area (Å²) in [7, 11) is 0. The van der Waals surface area contributed by atoms with Crippen molar-refractivity contribution in [3.63, 3.8) is 0 Å². The first-order valence-electron chi connectivity index (χ1n) is 9.77. The summed E-state index contributed by atoms with van der Waals surface area (Å²) in [5, 5.41) is 10.8. The van der Waals surface area contributed by atoms with Gasteiger partial charge >= 0.3 is 0 Å². The van der Waals surface area contributed by atoms with E-state index in [9.17, 15) is 9.59 Å². The molecular weight excluding hydrogens is 368 g/mol. The van der Waals surface area contributed by atoms with Crippen LogP contribution in [0.5, 0.6) is 0 Å². The molecule has 4 heterocycles. The maximum Gasteiger partial charge on any atom is 0.246 e. The highest BCUT2D eigenvalue weighted by Gasteiger charge is 2.42. The van der Waals surface area contributed by atoms with Gasteiger partial charge in [-0.2, -0.15) is 0 Å². The maximum absolute atomic E-state index is 12.6. The Morgan fingerprint density at radius 2 is 2.00 bits per heavy atom. The second-order valence-electron chi connectivity index (χ2n) is 7.93. The number of nitrogens with one attached hydrogen (secondary N) is 1. The van der Waals surface area contributed by atoms with E-state index in [-0.39, 0.29) is 19.2 Å². The van der Waals surface area contributed by atoms with Gasteiger partial charge in [0.25, 0.3) is 0 Å². The molecule has 1 saturated heterocycles. The van der Waals surface area contributed by atoms with Crippen LogP contribution in [0.25, 0.3) is 6.08 Å². The second kappa shape index (κ2) is 7.77. The third-order valence-electron chi connectivity index (χ3n) is 6.14. The Bertz CT molecular complexity index is 925. The predicted molar refractivity (Wildman–Crippen MR) is 109 cm³/mol. The van der Waals surface area contributed by atoms with Gasteiger partial charge in [0.1, 0.15) is 5.82 Å². The summed E-state index contributed by atoms with van der Waals surface area (Å²) in [4.78, 5) is 30.3. The molecule has 2 aliphatic heterocycles.